The Morgan fingerprint density at radius 3 is 1.35 bits per heavy atom. The quantitative estimate of drug-likeness (QED) is 0.165. The molecule has 5 heteroatoms. The van der Waals surface area contributed by atoms with Gasteiger partial charge in [0.1, 0.15) is 16.7 Å². The third kappa shape index (κ3) is 7.27. The van der Waals surface area contributed by atoms with Crippen LogP contribution >= 0.6 is 0 Å². The topological polar surface area (TPSA) is 32.8 Å². The van der Waals surface area contributed by atoms with E-state index in [4.69, 9.17) is 8.83 Å². The highest BCUT2D eigenvalue weighted by atomic mass is 16.3. The Bertz CT molecular complexity index is 4220. The monoisotopic (exact) mass is 1070 g/mol. The van der Waals surface area contributed by atoms with Crippen LogP contribution in [0.2, 0.25) is 0 Å². The van der Waals surface area contributed by atoms with Gasteiger partial charge in [0, 0.05) is 44.6 Å². The highest BCUT2D eigenvalue weighted by Crippen LogP contribution is 2.57. The molecule has 0 saturated heterocycles. The van der Waals surface area contributed by atoms with Crippen molar-refractivity contribution in [1.29, 1.82) is 0 Å². The second-order valence-electron chi connectivity index (χ2n) is 31.5. The summed E-state index contributed by atoms with van der Waals surface area (Å²) in [4.78, 5) is 5.38. The van der Waals surface area contributed by atoms with Crippen LogP contribution in [0.1, 0.15) is 207 Å². The van der Waals surface area contributed by atoms with E-state index in [0.717, 1.165) is 82.8 Å². The van der Waals surface area contributed by atoms with Gasteiger partial charge in [0.25, 0.3) is 6.71 Å². The molecular formula is C76H83BN2O2. The number of hydrogen-bond acceptors (Lipinski definition) is 4. The Labute approximate surface area is 482 Å². The molecule has 0 bridgehead atoms. The first-order valence-electron chi connectivity index (χ1n) is 30.9. The van der Waals surface area contributed by atoms with Crippen LogP contribution in [0.4, 0.5) is 34.1 Å². The summed E-state index contributed by atoms with van der Waals surface area (Å²) >= 11 is 0. The lowest BCUT2D eigenvalue weighted by molar-refractivity contribution is 0.332. The summed E-state index contributed by atoms with van der Waals surface area (Å²) < 4.78 is 14.6. The molecule has 81 heavy (non-hydrogen) atoms. The molecule has 0 radical (unpaired) electrons. The molecule has 4 aliphatic carbocycles. The largest absolute Gasteiger partial charge is 0.468 e. The zero-order chi connectivity index (χ0) is 56.7. The first kappa shape index (κ1) is 51.4. The molecule has 0 fully saturated rings. The number of anilines is 6. The number of nitrogens with zero attached hydrogens (tertiary/aromatic N) is 2. The molecule has 0 N–H and O–H groups in total. The van der Waals surface area contributed by atoms with Crippen LogP contribution < -0.4 is 26.4 Å². The maximum absolute atomic E-state index is 7.88. The average Bonchev–Trinajstić information content (AvgIpc) is 2.11. The van der Waals surface area contributed by atoms with E-state index in [-0.39, 0.29) is 50.0 Å². The van der Waals surface area contributed by atoms with Gasteiger partial charge in [0.2, 0.25) is 0 Å². The van der Waals surface area contributed by atoms with Crippen molar-refractivity contribution < 1.29 is 8.83 Å². The molecule has 2 aliphatic heterocycles. The second-order valence-corrected chi connectivity index (χ2v) is 31.5. The Balaban J connectivity index is 1.11. The minimum atomic E-state index is -0.183. The predicted molar refractivity (Wildman–Crippen MR) is 344 cm³/mol. The summed E-state index contributed by atoms with van der Waals surface area (Å²) in [5, 5.41) is 3.50. The van der Waals surface area contributed by atoms with E-state index in [9.17, 15) is 0 Å². The first-order chi connectivity index (χ1) is 38.1. The van der Waals surface area contributed by atoms with Gasteiger partial charge < -0.3 is 18.6 Å². The van der Waals surface area contributed by atoms with Gasteiger partial charge in [-0.3, -0.25) is 0 Å². The first-order valence-corrected chi connectivity index (χ1v) is 30.9. The number of hydrogen-bond donors (Lipinski definition) is 0. The van der Waals surface area contributed by atoms with E-state index in [1.807, 2.05) is 0 Å². The average molecular weight is 1070 g/mol. The van der Waals surface area contributed by atoms with Gasteiger partial charge in [0.05, 0.1) is 11.3 Å². The van der Waals surface area contributed by atoms with Gasteiger partial charge in [-0.25, -0.2) is 0 Å². The second kappa shape index (κ2) is 16.2. The molecule has 4 heterocycles. The van der Waals surface area contributed by atoms with Crippen molar-refractivity contribution in [2.75, 3.05) is 9.80 Å². The molecular weight excluding hydrogens is 984 g/mol. The van der Waals surface area contributed by atoms with E-state index >= 15 is 0 Å². The van der Waals surface area contributed by atoms with Gasteiger partial charge in [-0.1, -0.05) is 153 Å². The van der Waals surface area contributed by atoms with Crippen LogP contribution in [0.3, 0.4) is 0 Å². The summed E-state index contributed by atoms with van der Waals surface area (Å²) in [6.45, 7) is 39.3. The lowest BCUT2D eigenvalue weighted by Crippen LogP contribution is -2.61. The summed E-state index contributed by atoms with van der Waals surface area (Å²) in [6, 6.07) is 46.0. The third-order valence-electron chi connectivity index (χ3n) is 22.5. The van der Waals surface area contributed by atoms with Crippen LogP contribution in [-0.2, 0) is 43.3 Å². The molecule has 0 unspecified atom stereocenters. The van der Waals surface area contributed by atoms with Crippen LogP contribution in [0.25, 0.3) is 44.0 Å². The van der Waals surface area contributed by atoms with Gasteiger partial charge in [-0.05, 0) is 234 Å². The molecule has 0 spiro atoms. The van der Waals surface area contributed by atoms with E-state index in [2.05, 4.69) is 236 Å². The van der Waals surface area contributed by atoms with Crippen LogP contribution in [-0.4, -0.2) is 6.71 Å². The van der Waals surface area contributed by atoms with Crippen molar-refractivity contribution in [2.45, 2.75) is 205 Å². The standard InChI is InChI=1S/C76H83BN2O2/c1-69(2)27-29-71(5,6)53-38-46(22-25-51(53)69)78-60-42-57-56(74(11,12)32-33-75(57,13)14)41-59(60)77-66-61(78)35-45(44-21-24-49-48-19-17-18-20-63(48)80-64(49)37-44)36-62(66)79(47-23-26-52-54(39-47)72(7,8)30-28-70(52,3)4)67-50-40-55-58(43-65(50)81-68(67)77)76(15,16)34-31-73(55,9)10/h17-26,35-43H,27-34H2,1-16H3. The Hall–Kier alpha value is -6.46. The van der Waals surface area contributed by atoms with Crippen LogP contribution in [0, 0.1) is 0 Å². The fourth-order valence-electron chi connectivity index (χ4n) is 16.7. The zero-order valence-corrected chi connectivity index (χ0v) is 51.4. The molecule has 0 amide bonds. The number of benzene rings is 7. The van der Waals surface area contributed by atoms with E-state index in [1.165, 1.54) is 108 Å². The number of furan rings is 2. The van der Waals surface area contributed by atoms with Gasteiger partial charge in [-0.2, -0.15) is 0 Å². The SMILES string of the molecule is CC1(C)CCC(C)(C)c2cc(N3c4cc5c(cc4B4c6oc7cc8c(cc7c6N(c6ccc7c(c6)C(C)(C)CCC7(C)C)c6cc(-c7ccc9c(c7)oc7ccccc79)cc3c64)C(C)(C)CCC8(C)C)C(C)(C)CCC5(C)C)ccc21. The summed E-state index contributed by atoms with van der Waals surface area (Å²) in [7, 11) is 0. The smallest absolute Gasteiger partial charge is 0.297 e. The van der Waals surface area contributed by atoms with Gasteiger partial charge in [0.15, 0.2) is 0 Å². The highest BCUT2D eigenvalue weighted by Gasteiger charge is 2.51. The molecule has 0 saturated carbocycles. The van der Waals surface area contributed by atoms with Crippen molar-refractivity contribution in [2.24, 2.45) is 0 Å². The predicted octanol–water partition coefficient (Wildman–Crippen LogP) is 19.5. The van der Waals surface area contributed by atoms with Crippen molar-refractivity contribution >= 4 is 90.3 Å². The molecule has 6 aliphatic rings. The minimum absolute atomic E-state index is 0.00261. The van der Waals surface area contributed by atoms with Crippen molar-refractivity contribution in [3.8, 4) is 11.1 Å². The fourth-order valence-corrected chi connectivity index (χ4v) is 16.7. The van der Waals surface area contributed by atoms with Crippen molar-refractivity contribution in [3.05, 3.63) is 160 Å². The van der Waals surface area contributed by atoms with Crippen molar-refractivity contribution in [1.82, 2.24) is 0 Å². The Morgan fingerprint density at radius 2 is 0.778 bits per heavy atom. The number of fused-ring (bicyclic) bond motifs is 13. The third-order valence-corrected chi connectivity index (χ3v) is 22.5. The van der Waals surface area contributed by atoms with E-state index in [1.54, 1.807) is 0 Å². The van der Waals surface area contributed by atoms with Crippen molar-refractivity contribution in [3.63, 3.8) is 0 Å². The number of rotatable bonds is 3. The summed E-state index contributed by atoms with van der Waals surface area (Å²) in [5.74, 6) is 0. The fraction of sp³-hybridized carbons (Fsp3) is 0.421. The lowest BCUT2D eigenvalue weighted by Gasteiger charge is -2.47. The molecule has 2 aromatic heterocycles. The van der Waals surface area contributed by atoms with Gasteiger partial charge >= 0.3 is 0 Å². The molecule has 9 aromatic rings. The maximum atomic E-state index is 7.88. The normalized spacial score (nSPS) is 21.4. The van der Waals surface area contributed by atoms with E-state index in [0.29, 0.717) is 0 Å². The summed E-state index contributed by atoms with van der Waals surface area (Å²) in [5.41, 5.74) is 27.9. The molecule has 0 atom stereocenters. The minimum Gasteiger partial charge on any atom is -0.468 e. The lowest BCUT2D eigenvalue weighted by atomic mass is 9.35. The summed E-state index contributed by atoms with van der Waals surface area (Å²) in [6.07, 6.45) is 9.20. The molecule has 412 valence electrons. The van der Waals surface area contributed by atoms with Gasteiger partial charge in [-0.15, -0.1) is 0 Å². The van der Waals surface area contributed by atoms with Crippen LogP contribution in [0.15, 0.2) is 124 Å². The van der Waals surface area contributed by atoms with Crippen LogP contribution in [0.5, 0.6) is 0 Å². The van der Waals surface area contributed by atoms with E-state index < -0.39 is 0 Å². The Morgan fingerprint density at radius 1 is 0.333 bits per heavy atom. The molecule has 15 rings (SSSR count). The highest BCUT2D eigenvalue weighted by molar-refractivity contribution is 7.00. The number of para-hydroxylation sites is 1. The zero-order valence-electron chi connectivity index (χ0n) is 51.4. The Kier molecular flexibility index (Phi) is 10.3. The maximum Gasteiger partial charge on any atom is 0.297 e. The molecule has 7 aromatic carbocycles. The molecule has 4 nitrogen and oxygen atoms in total.